The number of halogens is 1. The molecule has 74 valence electrons. The zero-order valence-electron chi connectivity index (χ0n) is 8.47. The molecule has 1 aromatic carbocycles. The van der Waals surface area contributed by atoms with Crippen LogP contribution in [0, 0.1) is 25.1 Å². The van der Waals surface area contributed by atoms with Crippen molar-refractivity contribution < 1.29 is 4.39 Å². The van der Waals surface area contributed by atoms with E-state index in [1.54, 1.807) is 6.07 Å². The highest BCUT2D eigenvalue weighted by atomic mass is 19.1. The number of rotatable bonds is 3. The fourth-order valence-electron chi connectivity index (χ4n) is 1.25. The Hall–Kier alpha value is -1.49. The van der Waals surface area contributed by atoms with Gasteiger partial charge in [-0.3, -0.25) is 0 Å². The summed E-state index contributed by atoms with van der Waals surface area (Å²) in [6.45, 7) is 3.82. The van der Waals surface area contributed by atoms with Crippen molar-refractivity contribution in [3.05, 3.63) is 29.6 Å². The second kappa shape index (κ2) is 4.66. The first-order valence-electron chi connectivity index (χ1n) is 4.66. The number of hydrogen-bond acceptors (Lipinski definition) is 1. The molecular weight excluding hydrogens is 177 g/mol. The Balaban J connectivity index is 2.91. The molecule has 0 aliphatic rings. The van der Waals surface area contributed by atoms with E-state index in [2.05, 4.69) is 11.2 Å². The first-order valence-corrected chi connectivity index (χ1v) is 4.66. The number of anilines is 1. The van der Waals surface area contributed by atoms with Gasteiger partial charge in [-0.05, 0) is 25.0 Å². The topological polar surface area (TPSA) is 12.0 Å². The van der Waals surface area contributed by atoms with Gasteiger partial charge in [0.05, 0.1) is 11.7 Å². The smallest absolute Gasteiger partial charge is 0.146 e. The average Bonchev–Trinajstić information content (AvgIpc) is 2.18. The summed E-state index contributed by atoms with van der Waals surface area (Å²) in [5.74, 6) is 2.33. The summed E-state index contributed by atoms with van der Waals surface area (Å²) in [6, 6.07) is 4.87. The van der Waals surface area contributed by atoms with E-state index in [9.17, 15) is 4.39 Å². The third-order valence-electron chi connectivity index (χ3n) is 2.15. The Morgan fingerprint density at radius 2 is 2.29 bits per heavy atom. The van der Waals surface area contributed by atoms with Gasteiger partial charge in [0, 0.05) is 0 Å². The maximum atomic E-state index is 13.4. The Kier molecular flexibility index (Phi) is 3.53. The van der Waals surface area contributed by atoms with Crippen LogP contribution in [-0.2, 0) is 0 Å². The highest BCUT2D eigenvalue weighted by Gasteiger charge is 2.08. The molecule has 1 rings (SSSR count). The van der Waals surface area contributed by atoms with Crippen molar-refractivity contribution >= 4 is 5.69 Å². The molecule has 1 nitrogen and oxygen atoms in total. The Labute approximate surface area is 84.3 Å². The van der Waals surface area contributed by atoms with Crippen LogP contribution in [0.3, 0.4) is 0 Å². The molecule has 1 aromatic rings. The summed E-state index contributed by atoms with van der Waals surface area (Å²) < 4.78 is 13.4. The van der Waals surface area contributed by atoms with Gasteiger partial charge in [-0.25, -0.2) is 4.39 Å². The van der Waals surface area contributed by atoms with Gasteiger partial charge in [0.2, 0.25) is 0 Å². The van der Waals surface area contributed by atoms with Crippen LogP contribution < -0.4 is 5.32 Å². The zero-order valence-corrected chi connectivity index (χ0v) is 8.47. The zero-order chi connectivity index (χ0) is 10.6. The first-order chi connectivity index (χ1) is 6.69. The highest BCUT2D eigenvalue weighted by Crippen LogP contribution is 2.19. The summed E-state index contributed by atoms with van der Waals surface area (Å²) in [5.41, 5.74) is 1.39. The molecule has 1 atom stereocenters. The molecule has 0 amide bonds. The minimum Gasteiger partial charge on any atom is -0.369 e. The van der Waals surface area contributed by atoms with Gasteiger partial charge >= 0.3 is 0 Å². The predicted octanol–water partition coefficient (Wildman–Crippen LogP) is 2.96. The summed E-state index contributed by atoms with van der Waals surface area (Å²) in [7, 11) is 0. The molecule has 0 spiro atoms. The van der Waals surface area contributed by atoms with Crippen molar-refractivity contribution in [1.29, 1.82) is 0 Å². The highest BCUT2D eigenvalue weighted by molar-refractivity contribution is 5.53. The lowest BCUT2D eigenvalue weighted by molar-refractivity contribution is 0.627. The quantitative estimate of drug-likeness (QED) is 0.724. The minimum absolute atomic E-state index is 0.106. The van der Waals surface area contributed by atoms with Gasteiger partial charge in [-0.2, -0.15) is 0 Å². The molecule has 0 aliphatic heterocycles. The van der Waals surface area contributed by atoms with Crippen LogP contribution in [0.15, 0.2) is 18.2 Å². The molecule has 0 radical (unpaired) electrons. The number of benzene rings is 1. The average molecular weight is 191 g/mol. The molecule has 0 saturated heterocycles. The Morgan fingerprint density at radius 1 is 1.57 bits per heavy atom. The summed E-state index contributed by atoms with van der Waals surface area (Å²) in [6.07, 6.45) is 6.08. The molecule has 0 heterocycles. The summed E-state index contributed by atoms with van der Waals surface area (Å²) >= 11 is 0. The van der Waals surface area contributed by atoms with Crippen LogP contribution in [0.5, 0.6) is 0 Å². The largest absolute Gasteiger partial charge is 0.369 e. The van der Waals surface area contributed by atoms with Crippen LogP contribution in [0.2, 0.25) is 0 Å². The normalized spacial score (nSPS) is 11.9. The van der Waals surface area contributed by atoms with Crippen LogP contribution in [0.25, 0.3) is 0 Å². The van der Waals surface area contributed by atoms with Crippen molar-refractivity contribution in [3.63, 3.8) is 0 Å². The summed E-state index contributed by atoms with van der Waals surface area (Å²) in [4.78, 5) is 0. The Morgan fingerprint density at radius 3 is 2.79 bits per heavy atom. The van der Waals surface area contributed by atoms with E-state index >= 15 is 0 Å². The number of para-hydroxylation sites is 1. The molecule has 0 fully saturated rings. The molecule has 0 bridgehead atoms. The molecule has 0 aliphatic carbocycles. The van der Waals surface area contributed by atoms with Gasteiger partial charge in [-0.1, -0.05) is 25.0 Å². The van der Waals surface area contributed by atoms with E-state index in [1.807, 2.05) is 19.9 Å². The van der Waals surface area contributed by atoms with Gasteiger partial charge in [0.25, 0.3) is 0 Å². The summed E-state index contributed by atoms with van der Waals surface area (Å²) in [5, 5.41) is 3.00. The lowest BCUT2D eigenvalue weighted by Gasteiger charge is -2.14. The molecule has 1 N–H and O–H groups in total. The fraction of sp³-hybridized carbons (Fsp3) is 0.333. The van der Waals surface area contributed by atoms with Crippen molar-refractivity contribution in [2.75, 3.05) is 5.32 Å². The van der Waals surface area contributed by atoms with Crippen molar-refractivity contribution in [3.8, 4) is 12.3 Å². The number of terminal acetylenes is 1. The van der Waals surface area contributed by atoms with Crippen LogP contribution in [0.4, 0.5) is 10.1 Å². The monoisotopic (exact) mass is 191 g/mol. The molecule has 2 heteroatoms. The molecule has 14 heavy (non-hydrogen) atoms. The lowest BCUT2D eigenvalue weighted by Crippen LogP contribution is -2.17. The third-order valence-corrected chi connectivity index (χ3v) is 2.15. The van der Waals surface area contributed by atoms with E-state index < -0.39 is 0 Å². The van der Waals surface area contributed by atoms with Crippen LogP contribution >= 0.6 is 0 Å². The fourth-order valence-corrected chi connectivity index (χ4v) is 1.25. The van der Waals surface area contributed by atoms with E-state index in [0.717, 1.165) is 12.0 Å². The van der Waals surface area contributed by atoms with E-state index in [-0.39, 0.29) is 11.9 Å². The van der Waals surface area contributed by atoms with Crippen LogP contribution in [0.1, 0.15) is 18.9 Å². The maximum Gasteiger partial charge on any atom is 0.146 e. The van der Waals surface area contributed by atoms with Crippen LogP contribution in [-0.4, -0.2) is 6.04 Å². The van der Waals surface area contributed by atoms with E-state index in [0.29, 0.717) is 5.69 Å². The molecular formula is C12H14FN. The van der Waals surface area contributed by atoms with E-state index in [1.165, 1.54) is 6.07 Å². The van der Waals surface area contributed by atoms with E-state index in [4.69, 9.17) is 6.42 Å². The maximum absolute atomic E-state index is 13.4. The predicted molar refractivity (Wildman–Crippen MR) is 57.7 cm³/mol. The Bertz CT molecular complexity index is 332. The number of aryl methyl sites for hydroxylation is 1. The standard InChI is InChI=1S/C12H14FN/c1-4-10(5-2)14-12-9(3)7-6-8-11(12)13/h1,6-8,10,14H,5H2,2-3H3. The van der Waals surface area contributed by atoms with Gasteiger partial charge < -0.3 is 5.32 Å². The van der Waals surface area contributed by atoms with Crippen molar-refractivity contribution in [1.82, 2.24) is 0 Å². The third kappa shape index (κ3) is 2.26. The first kappa shape index (κ1) is 10.6. The number of nitrogens with one attached hydrogen (secondary N) is 1. The second-order valence-corrected chi connectivity index (χ2v) is 3.20. The van der Waals surface area contributed by atoms with Gasteiger partial charge in [-0.15, -0.1) is 6.42 Å². The minimum atomic E-state index is -0.251. The van der Waals surface area contributed by atoms with Crippen molar-refractivity contribution in [2.45, 2.75) is 26.3 Å². The second-order valence-electron chi connectivity index (χ2n) is 3.20. The van der Waals surface area contributed by atoms with Crippen molar-refractivity contribution in [2.24, 2.45) is 0 Å². The SMILES string of the molecule is C#CC(CC)Nc1c(C)cccc1F. The van der Waals surface area contributed by atoms with Gasteiger partial charge in [0.15, 0.2) is 0 Å². The lowest BCUT2D eigenvalue weighted by atomic mass is 10.1. The van der Waals surface area contributed by atoms with Gasteiger partial charge in [0.1, 0.15) is 5.82 Å². The molecule has 0 aromatic heterocycles. The number of hydrogen-bond donors (Lipinski definition) is 1. The molecule has 1 unspecified atom stereocenters. The molecule has 0 saturated carbocycles.